The van der Waals surface area contributed by atoms with E-state index in [1.807, 2.05) is 0 Å². The molecule has 0 spiro atoms. The van der Waals surface area contributed by atoms with Gasteiger partial charge in [-0.25, -0.2) is 0 Å². The summed E-state index contributed by atoms with van der Waals surface area (Å²) in [5.41, 5.74) is 8.36. The maximum atomic E-state index is 2.48. The quantitative estimate of drug-likeness (QED) is 0.235. The first-order valence-electron chi connectivity index (χ1n) is 13.7. The molecule has 5 aromatic rings. The number of hydrogen-bond donors (Lipinski definition) is 0. The van der Waals surface area contributed by atoms with Crippen LogP contribution in [0.2, 0.25) is 0 Å². The highest BCUT2D eigenvalue weighted by atomic mass is 14.3. The first-order valence-corrected chi connectivity index (χ1v) is 13.7. The predicted octanol–water partition coefficient (Wildman–Crippen LogP) is 8.20. The molecule has 0 aliphatic heterocycles. The van der Waals surface area contributed by atoms with Gasteiger partial charge < -0.3 is 0 Å². The van der Waals surface area contributed by atoms with Gasteiger partial charge in [0.15, 0.2) is 0 Å². The number of allylic oxidation sites excluding steroid dienone is 4. The Bertz CT molecular complexity index is 1920. The number of rotatable bonds is 2. The third-order valence-corrected chi connectivity index (χ3v) is 8.34. The monoisotopic (exact) mass is 488 g/mol. The van der Waals surface area contributed by atoms with Crippen LogP contribution in [0, 0.1) is 5.92 Å². The summed E-state index contributed by atoms with van der Waals surface area (Å²) in [5.74, 6) is 0.324. The lowest BCUT2D eigenvalue weighted by molar-refractivity contribution is 0.589. The van der Waals surface area contributed by atoms with Crippen LogP contribution in [0.1, 0.15) is 43.9 Å². The van der Waals surface area contributed by atoms with Crippen molar-refractivity contribution in [2.24, 2.45) is 5.92 Å². The fourth-order valence-corrected chi connectivity index (χ4v) is 6.34. The maximum Gasteiger partial charge on any atom is 0.0142 e. The fourth-order valence-electron chi connectivity index (χ4n) is 6.34. The zero-order chi connectivity index (χ0) is 25.9. The Kier molecular flexibility index (Phi) is 5.27. The SMILES string of the molecule is CC(C)(C)c1ccc2c(c1)=C(c1ccc3ccccc3c1)C1CC=CC=C1C=2c1ccc2ccccc2c1. The molecule has 0 bridgehead atoms. The predicted molar refractivity (Wildman–Crippen MR) is 163 cm³/mol. The van der Waals surface area contributed by atoms with E-state index in [0.717, 1.165) is 6.42 Å². The van der Waals surface area contributed by atoms with Gasteiger partial charge in [-0.3, -0.25) is 0 Å². The standard InChI is InChI=1S/C38H32/c1-38(2,3)31-20-21-34-35(24-31)37(30-19-17-26-11-5-7-13-28(26)23-30)33-15-9-8-14-32(33)36(34)29-18-16-25-10-4-6-12-27(25)22-29/h4-14,16-24,33H,15H2,1-3H3. The summed E-state index contributed by atoms with van der Waals surface area (Å²) in [4.78, 5) is 0. The Morgan fingerprint density at radius 1 is 0.605 bits per heavy atom. The second-order valence-corrected chi connectivity index (χ2v) is 11.8. The van der Waals surface area contributed by atoms with Gasteiger partial charge in [-0.05, 0) is 89.4 Å². The van der Waals surface area contributed by atoms with E-state index in [1.165, 1.54) is 65.4 Å². The highest BCUT2D eigenvalue weighted by Crippen LogP contribution is 2.41. The largest absolute Gasteiger partial charge is 0.0836 e. The first kappa shape index (κ1) is 23.0. The zero-order valence-electron chi connectivity index (χ0n) is 22.3. The van der Waals surface area contributed by atoms with Gasteiger partial charge in [0.2, 0.25) is 0 Å². The third-order valence-electron chi connectivity index (χ3n) is 8.34. The summed E-state index contributed by atoms with van der Waals surface area (Å²) in [7, 11) is 0. The van der Waals surface area contributed by atoms with E-state index in [9.17, 15) is 0 Å². The van der Waals surface area contributed by atoms with Gasteiger partial charge in [-0.1, -0.05) is 130 Å². The van der Waals surface area contributed by atoms with E-state index in [1.54, 1.807) is 0 Å². The molecule has 0 fully saturated rings. The van der Waals surface area contributed by atoms with Crippen LogP contribution < -0.4 is 10.4 Å². The molecule has 184 valence electrons. The van der Waals surface area contributed by atoms with Crippen LogP contribution >= 0.6 is 0 Å². The van der Waals surface area contributed by atoms with Crippen LogP contribution in [0.15, 0.2) is 127 Å². The molecule has 0 heteroatoms. The lowest BCUT2D eigenvalue weighted by Crippen LogP contribution is -2.39. The number of hydrogen-bond acceptors (Lipinski definition) is 0. The molecular weight excluding hydrogens is 456 g/mol. The summed E-state index contributed by atoms with van der Waals surface area (Å²) in [6.45, 7) is 6.95. The van der Waals surface area contributed by atoms with Crippen molar-refractivity contribution in [1.29, 1.82) is 0 Å². The molecule has 0 saturated carbocycles. The minimum atomic E-state index is 0.0786. The molecule has 0 saturated heterocycles. The van der Waals surface area contributed by atoms with Crippen LogP contribution in [-0.4, -0.2) is 0 Å². The summed E-state index contributed by atoms with van der Waals surface area (Å²) < 4.78 is 0. The Balaban J connectivity index is 1.62. The van der Waals surface area contributed by atoms with Gasteiger partial charge in [0.25, 0.3) is 0 Å². The van der Waals surface area contributed by atoms with Crippen molar-refractivity contribution in [2.75, 3.05) is 0 Å². The minimum absolute atomic E-state index is 0.0786. The Morgan fingerprint density at radius 2 is 1.24 bits per heavy atom. The van der Waals surface area contributed by atoms with Crippen molar-refractivity contribution >= 4 is 32.7 Å². The third kappa shape index (κ3) is 3.75. The Morgan fingerprint density at radius 3 is 1.92 bits per heavy atom. The number of fused-ring (bicyclic) bond motifs is 4. The molecule has 0 nitrogen and oxygen atoms in total. The van der Waals surface area contributed by atoms with Crippen molar-refractivity contribution in [3.63, 3.8) is 0 Å². The van der Waals surface area contributed by atoms with Gasteiger partial charge in [0, 0.05) is 5.92 Å². The summed E-state index contributed by atoms with van der Waals surface area (Å²) in [5, 5.41) is 7.89. The second-order valence-electron chi connectivity index (χ2n) is 11.8. The normalized spacial score (nSPS) is 16.9. The highest BCUT2D eigenvalue weighted by Gasteiger charge is 2.30. The molecule has 38 heavy (non-hydrogen) atoms. The van der Waals surface area contributed by atoms with E-state index in [2.05, 4.69) is 142 Å². The van der Waals surface area contributed by atoms with Gasteiger partial charge in [-0.2, -0.15) is 0 Å². The first-order chi connectivity index (χ1) is 18.5. The van der Waals surface area contributed by atoms with Gasteiger partial charge in [0.1, 0.15) is 0 Å². The van der Waals surface area contributed by atoms with Crippen molar-refractivity contribution in [1.82, 2.24) is 0 Å². The van der Waals surface area contributed by atoms with Crippen molar-refractivity contribution in [3.8, 4) is 0 Å². The van der Waals surface area contributed by atoms with E-state index >= 15 is 0 Å². The Hall–Kier alpha value is -4.16. The molecule has 2 aliphatic rings. The van der Waals surface area contributed by atoms with Gasteiger partial charge in [0.05, 0.1) is 0 Å². The molecular formula is C38H32. The van der Waals surface area contributed by atoms with Gasteiger partial charge in [-0.15, -0.1) is 0 Å². The molecule has 7 rings (SSSR count). The molecule has 2 aliphatic carbocycles. The fraction of sp³-hybridized carbons (Fsp3) is 0.158. The van der Waals surface area contributed by atoms with E-state index in [4.69, 9.17) is 0 Å². The zero-order valence-corrected chi connectivity index (χ0v) is 22.3. The average molecular weight is 489 g/mol. The lowest BCUT2D eigenvalue weighted by atomic mass is 9.71. The molecule has 1 atom stereocenters. The molecule has 0 aromatic heterocycles. The molecule has 0 N–H and O–H groups in total. The molecule has 5 aromatic carbocycles. The summed E-state index contributed by atoms with van der Waals surface area (Å²) >= 11 is 0. The smallest absolute Gasteiger partial charge is 0.0142 e. The van der Waals surface area contributed by atoms with Crippen LogP contribution in [0.3, 0.4) is 0 Å². The van der Waals surface area contributed by atoms with Crippen molar-refractivity contribution < 1.29 is 0 Å². The topological polar surface area (TPSA) is 0 Å². The molecule has 0 amide bonds. The molecule has 0 radical (unpaired) electrons. The average Bonchev–Trinajstić information content (AvgIpc) is 2.94. The van der Waals surface area contributed by atoms with E-state index in [0.29, 0.717) is 5.92 Å². The number of benzene rings is 5. The second kappa shape index (κ2) is 8.71. The van der Waals surface area contributed by atoms with Crippen LogP contribution in [0.4, 0.5) is 0 Å². The molecule has 1 unspecified atom stereocenters. The minimum Gasteiger partial charge on any atom is -0.0836 e. The van der Waals surface area contributed by atoms with E-state index < -0.39 is 0 Å². The van der Waals surface area contributed by atoms with Crippen LogP contribution in [0.25, 0.3) is 32.7 Å². The lowest BCUT2D eigenvalue weighted by Gasteiger charge is -2.32. The summed E-state index contributed by atoms with van der Waals surface area (Å²) in [6.07, 6.45) is 7.97. The van der Waals surface area contributed by atoms with Crippen molar-refractivity contribution in [2.45, 2.75) is 32.6 Å². The molecule has 0 heterocycles. The Labute approximate surface area is 225 Å². The maximum absolute atomic E-state index is 2.48. The van der Waals surface area contributed by atoms with Gasteiger partial charge >= 0.3 is 0 Å². The van der Waals surface area contributed by atoms with Crippen LogP contribution in [0.5, 0.6) is 0 Å². The van der Waals surface area contributed by atoms with Crippen molar-refractivity contribution in [3.05, 3.63) is 154 Å². The highest BCUT2D eigenvalue weighted by molar-refractivity contribution is 5.94. The van der Waals surface area contributed by atoms with E-state index in [-0.39, 0.29) is 5.41 Å². The summed E-state index contributed by atoms with van der Waals surface area (Å²) in [6, 6.07) is 38.6. The van der Waals surface area contributed by atoms with Crippen LogP contribution in [-0.2, 0) is 5.41 Å².